The Kier molecular flexibility index (Phi) is 20.3. The molecule has 0 aromatic rings. The van der Waals surface area contributed by atoms with Crippen LogP contribution in [0.2, 0.25) is 0 Å². The van der Waals surface area contributed by atoms with E-state index in [0.29, 0.717) is 25.3 Å². The summed E-state index contributed by atoms with van der Waals surface area (Å²) in [5.41, 5.74) is 0. The van der Waals surface area contributed by atoms with Crippen LogP contribution in [-0.2, 0) is 19.2 Å². The third-order valence-corrected chi connectivity index (χ3v) is 8.08. The molecule has 1 aliphatic rings. The Morgan fingerprint density at radius 3 is 1.46 bits per heavy atom. The summed E-state index contributed by atoms with van der Waals surface area (Å²) < 4.78 is 0. The van der Waals surface area contributed by atoms with Gasteiger partial charge in [0, 0.05) is 25.3 Å². The molecule has 1 saturated carbocycles. The summed E-state index contributed by atoms with van der Waals surface area (Å²) in [6.07, 6.45) is 23.4. The fraction of sp³-hybridized carbons (Fsp3) is 0.871. The Morgan fingerprint density at radius 2 is 1.05 bits per heavy atom. The molecular weight excluding hydrogens is 496 g/mol. The molecule has 1 aliphatic carbocycles. The van der Waals surface area contributed by atoms with E-state index in [-0.39, 0.29) is 17.7 Å². The molecule has 39 heavy (non-hydrogen) atoms. The van der Waals surface area contributed by atoms with Crippen molar-refractivity contribution < 1.29 is 29.4 Å². The van der Waals surface area contributed by atoms with E-state index in [4.69, 9.17) is 10.2 Å². The summed E-state index contributed by atoms with van der Waals surface area (Å²) in [7, 11) is 0. The predicted octanol–water partition coefficient (Wildman–Crippen LogP) is 6.60. The van der Waals surface area contributed by atoms with Gasteiger partial charge in [-0.15, -0.1) is 0 Å². The first-order valence-electron chi connectivity index (χ1n) is 15.8. The van der Waals surface area contributed by atoms with Crippen LogP contribution in [0.25, 0.3) is 0 Å². The average molecular weight is 553 g/mol. The number of carboxylic acid groups (broad SMARTS) is 2. The van der Waals surface area contributed by atoms with E-state index >= 15 is 0 Å². The standard InChI is InChI=1S/C31H56N2O6/c1-25(31(38)39)33-30(37)27-22-20-26(21-23-27)24-32-28(34)18-16-14-12-10-8-6-4-2-3-5-7-9-11-13-15-17-19-29(35)36/h25-27H,2-24H2,1H3,(H,32,34)(H,33,37)(H,35,36)(H,38,39). The van der Waals surface area contributed by atoms with Gasteiger partial charge in [-0.1, -0.05) is 89.9 Å². The Balaban J connectivity index is 1.84. The molecule has 1 unspecified atom stereocenters. The molecule has 0 aliphatic heterocycles. The van der Waals surface area contributed by atoms with Crippen molar-refractivity contribution in [2.45, 2.75) is 154 Å². The molecule has 0 saturated heterocycles. The van der Waals surface area contributed by atoms with Gasteiger partial charge in [-0.05, 0) is 51.4 Å². The number of hydrogen-bond donors (Lipinski definition) is 4. The number of aliphatic carboxylic acids is 2. The number of hydrogen-bond acceptors (Lipinski definition) is 4. The van der Waals surface area contributed by atoms with Gasteiger partial charge in [0.25, 0.3) is 0 Å². The van der Waals surface area contributed by atoms with Crippen LogP contribution in [0, 0.1) is 11.8 Å². The predicted molar refractivity (Wildman–Crippen MR) is 154 cm³/mol. The topological polar surface area (TPSA) is 133 Å². The Bertz CT molecular complexity index is 691. The lowest BCUT2D eigenvalue weighted by Crippen LogP contribution is -2.43. The van der Waals surface area contributed by atoms with Crippen LogP contribution in [0.4, 0.5) is 0 Å². The van der Waals surface area contributed by atoms with Crippen molar-refractivity contribution in [3.63, 3.8) is 0 Å². The van der Waals surface area contributed by atoms with Crippen molar-refractivity contribution in [3.8, 4) is 0 Å². The van der Waals surface area contributed by atoms with Gasteiger partial charge in [0.1, 0.15) is 6.04 Å². The zero-order valence-corrected chi connectivity index (χ0v) is 24.5. The maximum Gasteiger partial charge on any atom is 0.325 e. The molecule has 4 N–H and O–H groups in total. The smallest absolute Gasteiger partial charge is 0.325 e. The van der Waals surface area contributed by atoms with E-state index < -0.39 is 18.0 Å². The van der Waals surface area contributed by atoms with Crippen molar-refractivity contribution in [2.75, 3.05) is 6.54 Å². The average Bonchev–Trinajstić information content (AvgIpc) is 2.91. The van der Waals surface area contributed by atoms with Crippen molar-refractivity contribution >= 4 is 23.8 Å². The second kappa shape index (κ2) is 22.7. The van der Waals surface area contributed by atoms with Gasteiger partial charge >= 0.3 is 11.9 Å². The number of amides is 2. The molecule has 1 fully saturated rings. The van der Waals surface area contributed by atoms with E-state index in [9.17, 15) is 19.2 Å². The summed E-state index contributed by atoms with van der Waals surface area (Å²) >= 11 is 0. The first kappa shape index (κ1) is 34.9. The molecule has 0 heterocycles. The normalized spacial score (nSPS) is 17.9. The van der Waals surface area contributed by atoms with Crippen molar-refractivity contribution in [2.24, 2.45) is 11.8 Å². The van der Waals surface area contributed by atoms with Crippen molar-refractivity contribution in [1.82, 2.24) is 10.6 Å². The highest BCUT2D eigenvalue weighted by molar-refractivity contribution is 5.84. The van der Waals surface area contributed by atoms with Gasteiger partial charge in [-0.3, -0.25) is 19.2 Å². The summed E-state index contributed by atoms with van der Waals surface area (Å²) in [4.78, 5) is 45.7. The van der Waals surface area contributed by atoms with Crippen molar-refractivity contribution in [1.29, 1.82) is 0 Å². The SMILES string of the molecule is CC(NC(=O)C1CCC(CNC(=O)CCCCCCCCCCCCCCCCCCC(=O)O)CC1)C(=O)O. The lowest BCUT2D eigenvalue weighted by atomic mass is 9.81. The van der Waals surface area contributed by atoms with E-state index in [1.54, 1.807) is 0 Å². The van der Waals surface area contributed by atoms with Crippen LogP contribution in [0.3, 0.4) is 0 Å². The Labute approximate surface area is 236 Å². The number of carboxylic acids is 2. The summed E-state index contributed by atoms with van der Waals surface area (Å²) in [5, 5.41) is 23.2. The first-order chi connectivity index (χ1) is 18.8. The van der Waals surface area contributed by atoms with E-state index in [1.165, 1.54) is 84.0 Å². The van der Waals surface area contributed by atoms with E-state index in [0.717, 1.165) is 51.4 Å². The largest absolute Gasteiger partial charge is 0.481 e. The minimum absolute atomic E-state index is 0.121. The van der Waals surface area contributed by atoms with Gasteiger partial charge in [-0.25, -0.2) is 0 Å². The monoisotopic (exact) mass is 552 g/mol. The van der Waals surface area contributed by atoms with Gasteiger partial charge < -0.3 is 20.8 Å². The molecule has 0 bridgehead atoms. The molecule has 1 atom stereocenters. The molecule has 0 radical (unpaired) electrons. The number of carbonyl (C=O) groups excluding carboxylic acids is 2. The minimum atomic E-state index is -1.02. The number of unbranched alkanes of at least 4 members (excludes halogenated alkanes) is 15. The third kappa shape index (κ3) is 19.6. The molecule has 8 heteroatoms. The maximum absolute atomic E-state index is 12.2. The summed E-state index contributed by atoms with van der Waals surface area (Å²) in [5.74, 6) is -1.46. The molecule has 2 amide bonds. The zero-order valence-electron chi connectivity index (χ0n) is 24.5. The van der Waals surface area contributed by atoms with Crippen LogP contribution in [0.15, 0.2) is 0 Å². The minimum Gasteiger partial charge on any atom is -0.481 e. The highest BCUT2D eigenvalue weighted by Gasteiger charge is 2.28. The lowest BCUT2D eigenvalue weighted by molar-refractivity contribution is -0.142. The van der Waals surface area contributed by atoms with Crippen LogP contribution < -0.4 is 10.6 Å². The molecule has 1 rings (SSSR count). The van der Waals surface area contributed by atoms with Crippen LogP contribution in [-0.4, -0.2) is 46.6 Å². The van der Waals surface area contributed by atoms with Gasteiger partial charge in [0.05, 0.1) is 0 Å². The van der Waals surface area contributed by atoms with Crippen LogP contribution in [0.5, 0.6) is 0 Å². The van der Waals surface area contributed by atoms with Crippen LogP contribution >= 0.6 is 0 Å². The fourth-order valence-corrected chi connectivity index (χ4v) is 5.40. The second-order valence-corrected chi connectivity index (χ2v) is 11.6. The summed E-state index contributed by atoms with van der Waals surface area (Å²) in [6, 6.07) is -0.859. The van der Waals surface area contributed by atoms with Gasteiger partial charge in [-0.2, -0.15) is 0 Å². The van der Waals surface area contributed by atoms with Gasteiger partial charge in [0.15, 0.2) is 0 Å². The Morgan fingerprint density at radius 1 is 0.641 bits per heavy atom. The third-order valence-electron chi connectivity index (χ3n) is 8.08. The quantitative estimate of drug-likeness (QED) is 0.0997. The number of rotatable bonds is 24. The van der Waals surface area contributed by atoms with Crippen molar-refractivity contribution in [3.05, 3.63) is 0 Å². The highest BCUT2D eigenvalue weighted by atomic mass is 16.4. The number of carbonyl (C=O) groups is 4. The molecule has 226 valence electrons. The molecular formula is C31H56N2O6. The summed E-state index contributed by atoms with van der Waals surface area (Å²) in [6.45, 7) is 2.15. The fourth-order valence-electron chi connectivity index (χ4n) is 5.40. The van der Waals surface area contributed by atoms with Crippen LogP contribution in [0.1, 0.15) is 148 Å². The van der Waals surface area contributed by atoms with Gasteiger partial charge in [0.2, 0.25) is 11.8 Å². The lowest BCUT2D eigenvalue weighted by Gasteiger charge is -2.28. The zero-order chi connectivity index (χ0) is 28.7. The van der Waals surface area contributed by atoms with E-state index in [2.05, 4.69) is 10.6 Å². The van der Waals surface area contributed by atoms with E-state index in [1.807, 2.05) is 0 Å². The second-order valence-electron chi connectivity index (χ2n) is 11.6. The first-order valence-corrected chi connectivity index (χ1v) is 15.8. The number of nitrogens with one attached hydrogen (secondary N) is 2. The maximum atomic E-state index is 12.2. The molecule has 0 spiro atoms. The molecule has 0 aromatic heterocycles. The Hall–Kier alpha value is -2.12. The molecule has 0 aromatic carbocycles. The molecule has 8 nitrogen and oxygen atoms in total. The highest BCUT2D eigenvalue weighted by Crippen LogP contribution is 2.28.